The lowest BCUT2D eigenvalue weighted by Gasteiger charge is -2.00. The second-order valence-corrected chi connectivity index (χ2v) is 2.91. The maximum absolute atomic E-state index is 10.7. The van der Waals surface area contributed by atoms with Crippen molar-refractivity contribution in [3.63, 3.8) is 0 Å². The maximum Gasteiger partial charge on any atom is 0.280 e. The van der Waals surface area contributed by atoms with E-state index in [0.717, 1.165) is 6.08 Å². The Morgan fingerprint density at radius 2 is 2.07 bits per heavy atom. The number of rotatable bonds is 3. The number of aliphatic hydroxyl groups is 1. The Balaban J connectivity index is 3.25. The first kappa shape index (κ1) is 10.9. The molecule has 0 amide bonds. The number of hydrogen-bond acceptors (Lipinski definition) is 4. The quantitative estimate of drug-likeness (QED) is 0.356. The molecule has 78 valence electrons. The van der Waals surface area contributed by atoms with E-state index in [0.29, 0.717) is 0 Å². The van der Waals surface area contributed by atoms with Gasteiger partial charge in [-0.2, -0.15) is 0 Å². The van der Waals surface area contributed by atoms with Crippen LogP contribution in [0.15, 0.2) is 30.3 Å². The molecule has 0 aliphatic carbocycles. The van der Waals surface area contributed by atoms with Gasteiger partial charge in [0.2, 0.25) is 0 Å². The SMILES string of the molecule is CC(=O)C=C(O)c1ccccc1[N+](=O)[O-]. The van der Waals surface area contributed by atoms with Gasteiger partial charge in [0.15, 0.2) is 5.78 Å². The molecule has 1 N–H and O–H groups in total. The zero-order valence-electron chi connectivity index (χ0n) is 8.01. The van der Waals surface area contributed by atoms with Gasteiger partial charge in [-0.15, -0.1) is 0 Å². The molecule has 0 saturated heterocycles. The zero-order valence-corrected chi connectivity index (χ0v) is 8.01. The number of hydrogen-bond donors (Lipinski definition) is 1. The minimum Gasteiger partial charge on any atom is -0.507 e. The third kappa shape index (κ3) is 2.63. The molecule has 0 aliphatic heterocycles. The fourth-order valence-electron chi connectivity index (χ4n) is 1.12. The van der Waals surface area contributed by atoms with Gasteiger partial charge < -0.3 is 5.11 Å². The van der Waals surface area contributed by atoms with Gasteiger partial charge in [-0.1, -0.05) is 12.1 Å². The Morgan fingerprint density at radius 1 is 1.47 bits per heavy atom. The average Bonchev–Trinajstić information content (AvgIpc) is 2.16. The van der Waals surface area contributed by atoms with Crippen molar-refractivity contribution in [2.24, 2.45) is 0 Å². The molecule has 1 aromatic rings. The summed E-state index contributed by atoms with van der Waals surface area (Å²) in [5.74, 6) is -0.763. The summed E-state index contributed by atoms with van der Waals surface area (Å²) in [6.07, 6.45) is 0.947. The number of allylic oxidation sites excluding steroid dienone is 1. The normalized spacial score (nSPS) is 11.1. The molecular weight excluding hydrogens is 198 g/mol. The third-order valence-corrected chi connectivity index (χ3v) is 1.72. The van der Waals surface area contributed by atoms with E-state index in [1.807, 2.05) is 0 Å². The van der Waals surface area contributed by atoms with Crippen molar-refractivity contribution < 1.29 is 14.8 Å². The van der Waals surface area contributed by atoms with E-state index in [4.69, 9.17) is 0 Å². The predicted molar refractivity (Wildman–Crippen MR) is 54.4 cm³/mol. The summed E-state index contributed by atoms with van der Waals surface area (Å²) in [6.45, 7) is 1.25. The van der Waals surface area contributed by atoms with E-state index in [-0.39, 0.29) is 17.0 Å². The van der Waals surface area contributed by atoms with Crippen LogP contribution in [0.4, 0.5) is 5.69 Å². The first-order chi connectivity index (χ1) is 7.02. The van der Waals surface area contributed by atoms with Crippen LogP contribution in [0.5, 0.6) is 0 Å². The topological polar surface area (TPSA) is 80.4 Å². The molecule has 0 bridgehead atoms. The van der Waals surface area contributed by atoms with Gasteiger partial charge in [0, 0.05) is 12.1 Å². The number of carbonyl (C=O) groups is 1. The van der Waals surface area contributed by atoms with Gasteiger partial charge in [-0.3, -0.25) is 14.9 Å². The van der Waals surface area contributed by atoms with Crippen LogP contribution in [-0.2, 0) is 4.79 Å². The molecule has 5 nitrogen and oxygen atoms in total. The summed E-state index contributed by atoms with van der Waals surface area (Å²) in [7, 11) is 0. The van der Waals surface area contributed by atoms with E-state index in [9.17, 15) is 20.0 Å². The lowest BCUT2D eigenvalue weighted by molar-refractivity contribution is -0.385. The fraction of sp³-hybridized carbons (Fsp3) is 0.100. The van der Waals surface area contributed by atoms with Gasteiger partial charge in [-0.25, -0.2) is 0 Å². The number of benzene rings is 1. The Hall–Kier alpha value is -2.17. The molecule has 5 heteroatoms. The lowest BCUT2D eigenvalue weighted by atomic mass is 10.1. The summed E-state index contributed by atoms with van der Waals surface area (Å²) in [5.41, 5.74) is -0.190. The van der Waals surface area contributed by atoms with Gasteiger partial charge in [0.25, 0.3) is 5.69 Å². The van der Waals surface area contributed by atoms with Crippen molar-refractivity contribution in [1.29, 1.82) is 0 Å². The van der Waals surface area contributed by atoms with Gasteiger partial charge >= 0.3 is 0 Å². The number of carbonyl (C=O) groups excluding carboxylic acids is 1. The van der Waals surface area contributed by atoms with Crippen LogP contribution in [0.2, 0.25) is 0 Å². The highest BCUT2D eigenvalue weighted by atomic mass is 16.6. The molecule has 0 fully saturated rings. The standard InChI is InChI=1S/C10H9NO4/c1-7(12)6-10(13)8-4-2-3-5-9(8)11(14)15/h2-6,13H,1H3. The second kappa shape index (κ2) is 4.36. The van der Waals surface area contributed by atoms with Crippen LogP contribution in [0.25, 0.3) is 5.76 Å². The largest absolute Gasteiger partial charge is 0.507 e. The molecule has 0 saturated carbocycles. The second-order valence-electron chi connectivity index (χ2n) is 2.91. The van der Waals surface area contributed by atoms with Crippen LogP contribution in [0.1, 0.15) is 12.5 Å². The summed E-state index contributed by atoms with van der Waals surface area (Å²) in [6, 6.07) is 5.68. The van der Waals surface area contributed by atoms with Crippen LogP contribution in [0, 0.1) is 10.1 Å². The van der Waals surface area contributed by atoms with Gasteiger partial charge in [-0.05, 0) is 13.0 Å². The van der Waals surface area contributed by atoms with Crippen molar-refractivity contribution in [1.82, 2.24) is 0 Å². The highest BCUT2D eigenvalue weighted by Crippen LogP contribution is 2.23. The number of aliphatic hydroxyl groups excluding tert-OH is 1. The molecule has 15 heavy (non-hydrogen) atoms. The fourth-order valence-corrected chi connectivity index (χ4v) is 1.12. The van der Waals surface area contributed by atoms with E-state index in [1.54, 1.807) is 6.07 Å². The smallest absolute Gasteiger partial charge is 0.280 e. The third-order valence-electron chi connectivity index (χ3n) is 1.72. The summed E-state index contributed by atoms with van der Waals surface area (Å²) in [5, 5.41) is 20.1. The van der Waals surface area contributed by atoms with Crippen molar-refractivity contribution in [2.75, 3.05) is 0 Å². The van der Waals surface area contributed by atoms with Crippen LogP contribution in [0.3, 0.4) is 0 Å². The molecule has 0 radical (unpaired) electrons. The number of para-hydroxylation sites is 1. The Kier molecular flexibility index (Phi) is 3.17. The molecular formula is C10H9NO4. The first-order valence-electron chi connectivity index (χ1n) is 4.17. The Morgan fingerprint density at radius 3 is 2.60 bits per heavy atom. The van der Waals surface area contributed by atoms with Crippen LogP contribution >= 0.6 is 0 Å². The molecule has 0 aromatic heterocycles. The Bertz CT molecular complexity index is 437. The number of nitrogens with zero attached hydrogens (tertiary/aromatic N) is 1. The highest BCUT2D eigenvalue weighted by Gasteiger charge is 2.15. The van der Waals surface area contributed by atoms with Crippen LogP contribution < -0.4 is 0 Å². The minimum absolute atomic E-state index is 0.0395. The van der Waals surface area contributed by atoms with E-state index in [1.165, 1.54) is 25.1 Å². The van der Waals surface area contributed by atoms with E-state index in [2.05, 4.69) is 0 Å². The van der Waals surface area contributed by atoms with Gasteiger partial charge in [0.05, 0.1) is 10.5 Å². The monoisotopic (exact) mass is 207 g/mol. The minimum atomic E-state index is -0.612. The number of nitro groups is 1. The van der Waals surface area contributed by atoms with E-state index < -0.39 is 10.7 Å². The van der Waals surface area contributed by atoms with E-state index >= 15 is 0 Å². The zero-order chi connectivity index (χ0) is 11.4. The van der Waals surface area contributed by atoms with Crippen molar-refractivity contribution >= 4 is 17.2 Å². The Labute approximate surface area is 85.8 Å². The average molecular weight is 207 g/mol. The van der Waals surface area contributed by atoms with Crippen LogP contribution in [-0.4, -0.2) is 15.8 Å². The summed E-state index contributed by atoms with van der Waals surface area (Å²) in [4.78, 5) is 20.7. The summed E-state index contributed by atoms with van der Waals surface area (Å²) >= 11 is 0. The van der Waals surface area contributed by atoms with Gasteiger partial charge in [0.1, 0.15) is 5.76 Å². The number of ketones is 1. The molecule has 1 rings (SSSR count). The highest BCUT2D eigenvalue weighted by molar-refractivity contribution is 5.94. The molecule has 1 aromatic carbocycles. The van der Waals surface area contributed by atoms with Crippen molar-refractivity contribution in [2.45, 2.75) is 6.92 Å². The lowest BCUT2D eigenvalue weighted by Crippen LogP contribution is -1.95. The predicted octanol–water partition coefficient (Wildman–Crippen LogP) is 2.08. The molecule has 0 atom stereocenters. The van der Waals surface area contributed by atoms with Crippen molar-refractivity contribution in [3.05, 3.63) is 46.0 Å². The summed E-state index contributed by atoms with van der Waals surface area (Å²) < 4.78 is 0. The van der Waals surface area contributed by atoms with Crippen molar-refractivity contribution in [3.8, 4) is 0 Å². The number of nitro benzene ring substituents is 1. The first-order valence-corrected chi connectivity index (χ1v) is 4.17. The maximum atomic E-state index is 10.7. The molecule has 0 unspecified atom stereocenters. The molecule has 0 heterocycles. The molecule has 0 aliphatic rings. The molecule has 0 spiro atoms.